The molecule has 1 amide bonds. The lowest BCUT2D eigenvalue weighted by molar-refractivity contribution is -0.385. The van der Waals surface area contributed by atoms with Crippen molar-refractivity contribution in [2.24, 2.45) is 0 Å². The molecule has 45 heavy (non-hydrogen) atoms. The number of nitrogens with one attached hydrogen (secondary N) is 1. The second-order valence-electron chi connectivity index (χ2n) is 9.45. The van der Waals surface area contributed by atoms with Gasteiger partial charge in [-0.25, -0.2) is 4.98 Å². The number of nitro groups is 1. The number of benzene rings is 4. The van der Waals surface area contributed by atoms with Gasteiger partial charge in [0, 0.05) is 17.3 Å². The van der Waals surface area contributed by atoms with Crippen molar-refractivity contribution in [1.29, 1.82) is 0 Å². The molecule has 0 unspecified atom stereocenters. The smallest absolute Gasteiger partial charge is 0.433 e. The lowest BCUT2D eigenvalue weighted by Crippen LogP contribution is -2.16. The first-order chi connectivity index (χ1) is 21.6. The van der Waals surface area contributed by atoms with Crippen LogP contribution in [0.1, 0.15) is 16.3 Å². The number of nitro benzene ring substituents is 1. The molecule has 0 saturated heterocycles. The molecule has 0 spiro atoms. The number of hydrogen-bond acceptors (Lipinski definition) is 8. The highest BCUT2D eigenvalue weighted by Crippen LogP contribution is 2.34. The van der Waals surface area contributed by atoms with E-state index in [0.717, 1.165) is 6.07 Å². The summed E-state index contributed by atoms with van der Waals surface area (Å²) in [7, 11) is 0. The summed E-state index contributed by atoms with van der Waals surface area (Å²) in [4.78, 5) is 31.9. The molecule has 2 aromatic heterocycles. The molecule has 0 saturated carbocycles. The van der Waals surface area contributed by atoms with Gasteiger partial charge in [0.1, 0.15) is 23.0 Å². The Morgan fingerprint density at radius 1 is 0.778 bits per heavy atom. The van der Waals surface area contributed by atoms with Gasteiger partial charge in [0.2, 0.25) is 5.82 Å². The molecule has 0 aliphatic carbocycles. The average molecular weight is 613 g/mol. The number of non-ortho nitro benzene ring substituents is 1. The fraction of sp³-hybridized carbons (Fsp3) is 0.0323. The van der Waals surface area contributed by atoms with Gasteiger partial charge in [-0.1, -0.05) is 48.5 Å². The maximum Gasteiger partial charge on any atom is 0.433 e. The average Bonchev–Trinajstić information content (AvgIpc) is 3.46. The van der Waals surface area contributed by atoms with Crippen LogP contribution < -0.4 is 14.8 Å². The molecule has 1 N–H and O–H groups in total. The third-order valence-corrected chi connectivity index (χ3v) is 6.28. The molecular formula is C31H19F3N6O5. The van der Waals surface area contributed by atoms with Gasteiger partial charge in [-0.3, -0.25) is 14.9 Å². The van der Waals surface area contributed by atoms with Crippen LogP contribution in [0.15, 0.2) is 109 Å². The number of para-hydroxylation sites is 1. The highest BCUT2D eigenvalue weighted by atomic mass is 19.4. The molecule has 11 nitrogen and oxygen atoms in total. The van der Waals surface area contributed by atoms with Crippen molar-refractivity contribution < 1.29 is 32.4 Å². The van der Waals surface area contributed by atoms with E-state index in [0.29, 0.717) is 15.8 Å². The van der Waals surface area contributed by atoms with Crippen molar-refractivity contribution in [1.82, 2.24) is 19.6 Å². The first-order valence-corrected chi connectivity index (χ1v) is 13.1. The van der Waals surface area contributed by atoms with Gasteiger partial charge in [0.15, 0.2) is 5.69 Å². The first-order valence-electron chi connectivity index (χ1n) is 13.1. The minimum absolute atomic E-state index is 0.0212. The number of aromatic nitrogens is 4. The van der Waals surface area contributed by atoms with Crippen molar-refractivity contribution in [3.63, 3.8) is 0 Å². The number of hydrogen-bond donors (Lipinski definition) is 1. The predicted octanol–water partition coefficient (Wildman–Crippen LogP) is 7.56. The van der Waals surface area contributed by atoms with Crippen LogP contribution in [0, 0.1) is 10.1 Å². The highest BCUT2D eigenvalue weighted by molar-refractivity contribution is 6.01. The fourth-order valence-corrected chi connectivity index (χ4v) is 4.26. The number of fused-ring (bicyclic) bond motifs is 1. The highest BCUT2D eigenvalue weighted by Gasteiger charge is 2.36. The second-order valence-corrected chi connectivity index (χ2v) is 9.45. The number of amides is 1. The van der Waals surface area contributed by atoms with E-state index >= 15 is 0 Å². The van der Waals surface area contributed by atoms with Crippen LogP contribution in [0.5, 0.6) is 23.0 Å². The van der Waals surface area contributed by atoms with Crippen LogP contribution >= 0.6 is 0 Å². The maximum absolute atomic E-state index is 13.9. The van der Waals surface area contributed by atoms with E-state index in [1.165, 1.54) is 42.5 Å². The maximum atomic E-state index is 13.9. The Kier molecular flexibility index (Phi) is 7.52. The number of nitrogens with zero attached hydrogens (tertiary/aromatic N) is 5. The molecule has 0 aliphatic heterocycles. The summed E-state index contributed by atoms with van der Waals surface area (Å²) in [6, 6.07) is 27.7. The molecule has 224 valence electrons. The summed E-state index contributed by atoms with van der Waals surface area (Å²) >= 11 is 0. The van der Waals surface area contributed by atoms with E-state index in [1.807, 2.05) is 0 Å². The molecule has 0 radical (unpaired) electrons. The van der Waals surface area contributed by atoms with Crippen LogP contribution in [0.3, 0.4) is 0 Å². The molecule has 2 heterocycles. The zero-order valence-electron chi connectivity index (χ0n) is 22.8. The Morgan fingerprint density at radius 3 is 1.98 bits per heavy atom. The number of carbonyl (C=O) groups excluding carboxylic acids is 1. The molecular weight excluding hydrogens is 593 g/mol. The van der Waals surface area contributed by atoms with Crippen LogP contribution in [-0.4, -0.2) is 30.4 Å². The first kappa shape index (κ1) is 28.8. The van der Waals surface area contributed by atoms with Crippen LogP contribution in [-0.2, 0) is 6.18 Å². The molecule has 4 aromatic carbocycles. The molecule has 6 rings (SSSR count). The quantitative estimate of drug-likeness (QED) is 0.138. The number of carbonyl (C=O) groups is 1. The Bertz CT molecular complexity index is 2020. The summed E-state index contributed by atoms with van der Waals surface area (Å²) < 4.78 is 53.6. The van der Waals surface area contributed by atoms with Gasteiger partial charge < -0.3 is 14.8 Å². The van der Waals surface area contributed by atoms with Gasteiger partial charge in [-0.15, -0.1) is 5.10 Å². The van der Waals surface area contributed by atoms with Crippen LogP contribution in [0.25, 0.3) is 17.0 Å². The minimum Gasteiger partial charge on any atom is -0.457 e. The second kappa shape index (κ2) is 11.8. The van der Waals surface area contributed by atoms with Gasteiger partial charge >= 0.3 is 6.18 Å². The lowest BCUT2D eigenvalue weighted by atomic mass is 10.1. The Morgan fingerprint density at radius 2 is 1.38 bits per heavy atom. The van der Waals surface area contributed by atoms with Gasteiger partial charge in [0.25, 0.3) is 17.4 Å². The van der Waals surface area contributed by atoms with Crippen molar-refractivity contribution in [3.05, 3.63) is 131 Å². The van der Waals surface area contributed by atoms with Gasteiger partial charge in [0.05, 0.1) is 22.7 Å². The largest absolute Gasteiger partial charge is 0.457 e. The summed E-state index contributed by atoms with van der Waals surface area (Å²) in [5.74, 6) is -0.725. The third-order valence-electron chi connectivity index (χ3n) is 6.28. The third kappa shape index (κ3) is 6.54. The van der Waals surface area contributed by atoms with Crippen molar-refractivity contribution in [2.75, 3.05) is 5.32 Å². The van der Waals surface area contributed by atoms with E-state index in [1.54, 1.807) is 60.7 Å². The summed E-state index contributed by atoms with van der Waals surface area (Å²) in [5.41, 5.74) is -0.675. The number of halogens is 3. The monoisotopic (exact) mass is 612 g/mol. The fourth-order valence-electron chi connectivity index (χ4n) is 4.26. The number of alkyl halides is 3. The zero-order chi connectivity index (χ0) is 31.6. The summed E-state index contributed by atoms with van der Waals surface area (Å²) in [5, 5.41) is 17.8. The predicted molar refractivity (Wildman–Crippen MR) is 155 cm³/mol. The number of ether oxygens (including phenoxy) is 2. The number of anilines is 1. The normalized spacial score (nSPS) is 11.3. The summed E-state index contributed by atoms with van der Waals surface area (Å²) in [6.07, 6.45) is -4.80. The Labute approximate surface area is 251 Å². The topological polar surface area (TPSA) is 134 Å². The molecule has 0 atom stereocenters. The van der Waals surface area contributed by atoms with Crippen molar-refractivity contribution in [3.8, 4) is 34.3 Å². The van der Waals surface area contributed by atoms with Crippen LogP contribution in [0.2, 0.25) is 0 Å². The zero-order valence-corrected chi connectivity index (χ0v) is 22.8. The van der Waals surface area contributed by atoms with E-state index in [4.69, 9.17) is 9.47 Å². The molecule has 0 bridgehead atoms. The molecule has 0 fully saturated rings. The van der Waals surface area contributed by atoms with E-state index < -0.39 is 34.3 Å². The van der Waals surface area contributed by atoms with Crippen molar-refractivity contribution >= 4 is 23.1 Å². The van der Waals surface area contributed by atoms with E-state index in [2.05, 4.69) is 20.4 Å². The lowest BCUT2D eigenvalue weighted by Gasteiger charge is -2.10. The van der Waals surface area contributed by atoms with E-state index in [9.17, 15) is 28.1 Å². The van der Waals surface area contributed by atoms with E-state index in [-0.39, 0.29) is 34.3 Å². The summed E-state index contributed by atoms with van der Waals surface area (Å²) in [6.45, 7) is 0. The van der Waals surface area contributed by atoms with Crippen LogP contribution in [0.4, 0.5) is 24.5 Å². The van der Waals surface area contributed by atoms with Crippen molar-refractivity contribution in [2.45, 2.75) is 6.18 Å². The molecule has 6 aromatic rings. The Balaban J connectivity index is 1.20. The molecule has 14 heteroatoms. The molecule has 0 aliphatic rings. The van der Waals surface area contributed by atoms with Gasteiger partial charge in [-0.2, -0.15) is 22.7 Å². The SMILES string of the molecule is O=C(Nc1ccc(Oc2cc(Oc3ccccc3)cc([N+](=O)[O-])c2)cc1)c1nc2nc(-c3ccccc3)cc(C(F)(F)F)n2n1. The minimum atomic E-state index is -4.80. The van der Waals surface area contributed by atoms with Gasteiger partial charge in [-0.05, 0) is 42.5 Å². The number of rotatable bonds is 8. The Hall–Kier alpha value is -6.31. The standard InChI is InChI=1S/C31H19F3N6O5/c32-31(33,34)27-18-26(19-7-3-1-4-8-19)36-30-37-28(38-39(27)30)29(41)35-20-11-13-23(14-12-20)45-25-16-21(40(42)43)15-24(17-25)44-22-9-5-2-6-10-22/h1-18H,(H,35,41).